The van der Waals surface area contributed by atoms with E-state index in [0.29, 0.717) is 26.1 Å². The summed E-state index contributed by atoms with van der Waals surface area (Å²) in [6.45, 7) is 1.58. The SMILES string of the molecule is COCCNC(=O)OC(Cc1ccccc1)C(O)CNCc1cccc(OC)c1. The van der Waals surface area contributed by atoms with Crippen molar-refractivity contribution in [2.75, 3.05) is 33.9 Å². The van der Waals surface area contributed by atoms with Gasteiger partial charge in [-0.15, -0.1) is 0 Å². The minimum Gasteiger partial charge on any atom is -0.497 e. The van der Waals surface area contributed by atoms with E-state index in [0.717, 1.165) is 16.9 Å². The molecule has 2 unspecified atom stereocenters. The highest BCUT2D eigenvalue weighted by Gasteiger charge is 2.23. The number of benzene rings is 2. The lowest BCUT2D eigenvalue weighted by Gasteiger charge is -2.24. The van der Waals surface area contributed by atoms with Gasteiger partial charge in [0.05, 0.1) is 13.7 Å². The first-order chi connectivity index (χ1) is 14.1. The largest absolute Gasteiger partial charge is 0.497 e. The van der Waals surface area contributed by atoms with Crippen LogP contribution in [0.3, 0.4) is 0 Å². The fourth-order valence-electron chi connectivity index (χ4n) is 2.82. The maximum absolute atomic E-state index is 12.1. The van der Waals surface area contributed by atoms with Crippen LogP contribution in [0.2, 0.25) is 0 Å². The molecule has 2 aromatic carbocycles. The third-order valence-electron chi connectivity index (χ3n) is 4.36. The molecule has 2 aromatic rings. The molecule has 0 saturated heterocycles. The molecule has 0 spiro atoms. The summed E-state index contributed by atoms with van der Waals surface area (Å²) in [4.78, 5) is 12.1. The van der Waals surface area contributed by atoms with Gasteiger partial charge < -0.3 is 30.0 Å². The molecule has 0 aliphatic heterocycles. The Bertz CT molecular complexity index is 726. The number of nitrogens with one attached hydrogen (secondary N) is 2. The predicted molar refractivity (Wildman–Crippen MR) is 111 cm³/mol. The van der Waals surface area contributed by atoms with Gasteiger partial charge in [0.2, 0.25) is 0 Å². The summed E-state index contributed by atoms with van der Waals surface area (Å²) < 4.78 is 15.6. The van der Waals surface area contributed by atoms with Crippen molar-refractivity contribution in [3.63, 3.8) is 0 Å². The van der Waals surface area contributed by atoms with Gasteiger partial charge in [-0.2, -0.15) is 0 Å². The van der Waals surface area contributed by atoms with Crippen LogP contribution in [0.15, 0.2) is 54.6 Å². The molecule has 3 N–H and O–H groups in total. The van der Waals surface area contributed by atoms with Crippen molar-refractivity contribution in [1.29, 1.82) is 0 Å². The standard InChI is InChI=1S/C22H30N2O5/c1-27-12-11-24-22(26)29-21(14-17-7-4-3-5-8-17)20(25)16-23-15-18-9-6-10-19(13-18)28-2/h3-10,13,20-21,23,25H,11-12,14-16H2,1-2H3,(H,24,26). The Labute approximate surface area is 172 Å². The Kier molecular flexibility index (Phi) is 9.99. The van der Waals surface area contributed by atoms with Crippen LogP contribution in [-0.4, -0.2) is 57.3 Å². The summed E-state index contributed by atoms with van der Waals surface area (Å²) >= 11 is 0. The number of hydrogen-bond donors (Lipinski definition) is 3. The van der Waals surface area contributed by atoms with Gasteiger partial charge in [0.1, 0.15) is 18.0 Å². The molecule has 0 aliphatic rings. The zero-order chi connectivity index (χ0) is 20.9. The second kappa shape index (κ2) is 12.8. The van der Waals surface area contributed by atoms with E-state index in [2.05, 4.69) is 10.6 Å². The maximum atomic E-state index is 12.1. The van der Waals surface area contributed by atoms with Crippen molar-refractivity contribution in [3.8, 4) is 5.75 Å². The highest BCUT2D eigenvalue weighted by molar-refractivity contribution is 5.67. The zero-order valence-electron chi connectivity index (χ0n) is 17.0. The monoisotopic (exact) mass is 402 g/mol. The molecule has 1 amide bonds. The molecule has 7 nitrogen and oxygen atoms in total. The van der Waals surface area contributed by atoms with Crippen molar-refractivity contribution >= 4 is 6.09 Å². The summed E-state index contributed by atoms with van der Waals surface area (Å²) in [5.74, 6) is 0.780. The molecule has 2 rings (SSSR count). The van der Waals surface area contributed by atoms with E-state index in [1.165, 1.54) is 0 Å². The average Bonchev–Trinajstić information content (AvgIpc) is 2.74. The topological polar surface area (TPSA) is 89.1 Å². The molecular formula is C22H30N2O5. The Hall–Kier alpha value is -2.61. The van der Waals surface area contributed by atoms with Crippen LogP contribution in [0.25, 0.3) is 0 Å². The van der Waals surface area contributed by atoms with Crippen molar-refractivity contribution in [2.45, 2.75) is 25.2 Å². The molecule has 0 heterocycles. The first kappa shape index (κ1) is 22.7. The molecule has 0 aliphatic carbocycles. The number of hydrogen-bond acceptors (Lipinski definition) is 6. The van der Waals surface area contributed by atoms with Gasteiger partial charge >= 0.3 is 6.09 Å². The minimum absolute atomic E-state index is 0.278. The predicted octanol–water partition coefficient (Wildman–Crippen LogP) is 2.13. The number of rotatable bonds is 12. The lowest BCUT2D eigenvalue weighted by Crippen LogP contribution is -2.42. The Morgan fingerprint density at radius 3 is 2.55 bits per heavy atom. The summed E-state index contributed by atoms with van der Waals surface area (Å²) in [6, 6.07) is 17.3. The number of carbonyl (C=O) groups is 1. The molecule has 0 saturated carbocycles. The fourth-order valence-corrected chi connectivity index (χ4v) is 2.82. The van der Waals surface area contributed by atoms with Crippen molar-refractivity contribution in [2.24, 2.45) is 0 Å². The molecule has 0 fully saturated rings. The molecule has 158 valence electrons. The van der Waals surface area contributed by atoms with E-state index in [-0.39, 0.29) is 6.54 Å². The minimum atomic E-state index is -0.867. The molecule has 0 radical (unpaired) electrons. The first-order valence-electron chi connectivity index (χ1n) is 9.61. The van der Waals surface area contributed by atoms with E-state index < -0.39 is 18.3 Å². The van der Waals surface area contributed by atoms with Gasteiger partial charge in [-0.25, -0.2) is 4.79 Å². The van der Waals surface area contributed by atoms with Gasteiger partial charge in [0, 0.05) is 33.2 Å². The average molecular weight is 402 g/mol. The Morgan fingerprint density at radius 1 is 1.07 bits per heavy atom. The highest BCUT2D eigenvalue weighted by Crippen LogP contribution is 2.13. The van der Waals surface area contributed by atoms with Crippen LogP contribution in [0.5, 0.6) is 5.75 Å². The van der Waals surface area contributed by atoms with Gasteiger partial charge in [0.25, 0.3) is 0 Å². The van der Waals surface area contributed by atoms with Crippen LogP contribution in [0.4, 0.5) is 4.79 Å². The number of alkyl carbamates (subject to hydrolysis) is 1. The molecule has 2 atom stereocenters. The fraction of sp³-hybridized carbons (Fsp3) is 0.409. The van der Waals surface area contributed by atoms with E-state index in [1.807, 2.05) is 54.6 Å². The third-order valence-corrected chi connectivity index (χ3v) is 4.36. The Morgan fingerprint density at radius 2 is 1.83 bits per heavy atom. The van der Waals surface area contributed by atoms with Crippen molar-refractivity contribution < 1.29 is 24.1 Å². The van der Waals surface area contributed by atoms with Crippen LogP contribution in [-0.2, 0) is 22.4 Å². The smallest absolute Gasteiger partial charge is 0.407 e. The summed E-state index contributed by atoms with van der Waals surface area (Å²) in [5, 5.41) is 16.5. The molecular weight excluding hydrogens is 372 g/mol. The van der Waals surface area contributed by atoms with Crippen LogP contribution >= 0.6 is 0 Å². The zero-order valence-corrected chi connectivity index (χ0v) is 17.0. The van der Waals surface area contributed by atoms with Crippen molar-refractivity contribution in [1.82, 2.24) is 10.6 Å². The van der Waals surface area contributed by atoms with Crippen molar-refractivity contribution in [3.05, 3.63) is 65.7 Å². The quantitative estimate of drug-likeness (QED) is 0.472. The molecule has 0 aromatic heterocycles. The maximum Gasteiger partial charge on any atom is 0.407 e. The number of ether oxygens (including phenoxy) is 3. The second-order valence-corrected chi connectivity index (χ2v) is 6.60. The molecule has 0 bridgehead atoms. The highest BCUT2D eigenvalue weighted by atomic mass is 16.6. The van der Waals surface area contributed by atoms with E-state index >= 15 is 0 Å². The number of aliphatic hydroxyl groups is 1. The van der Waals surface area contributed by atoms with E-state index in [9.17, 15) is 9.90 Å². The van der Waals surface area contributed by atoms with Gasteiger partial charge in [-0.1, -0.05) is 42.5 Å². The summed E-state index contributed by atoms with van der Waals surface area (Å²) in [7, 11) is 3.18. The normalized spacial score (nSPS) is 12.8. The summed E-state index contributed by atoms with van der Waals surface area (Å²) in [6.07, 6.45) is -1.71. The van der Waals surface area contributed by atoms with Crippen LogP contribution in [0, 0.1) is 0 Å². The van der Waals surface area contributed by atoms with Gasteiger partial charge in [0.15, 0.2) is 0 Å². The second-order valence-electron chi connectivity index (χ2n) is 6.60. The summed E-state index contributed by atoms with van der Waals surface area (Å²) in [5.41, 5.74) is 2.02. The Balaban J connectivity index is 1.91. The van der Waals surface area contributed by atoms with Crippen LogP contribution in [0.1, 0.15) is 11.1 Å². The molecule has 7 heteroatoms. The first-order valence-corrected chi connectivity index (χ1v) is 9.61. The lowest BCUT2D eigenvalue weighted by molar-refractivity contribution is 0.00314. The number of aliphatic hydroxyl groups excluding tert-OH is 1. The number of carbonyl (C=O) groups excluding carboxylic acids is 1. The van der Waals surface area contributed by atoms with E-state index in [4.69, 9.17) is 14.2 Å². The van der Waals surface area contributed by atoms with E-state index in [1.54, 1.807) is 14.2 Å². The van der Waals surface area contributed by atoms with Gasteiger partial charge in [-0.05, 0) is 23.3 Å². The van der Waals surface area contributed by atoms with Crippen LogP contribution < -0.4 is 15.4 Å². The number of methoxy groups -OCH3 is 2. The molecule has 29 heavy (non-hydrogen) atoms. The van der Waals surface area contributed by atoms with Gasteiger partial charge in [-0.3, -0.25) is 0 Å². The third kappa shape index (κ3) is 8.51. The lowest BCUT2D eigenvalue weighted by atomic mass is 10.0. The number of amides is 1.